The molecule has 0 N–H and O–H groups in total. The Morgan fingerprint density at radius 3 is 1.78 bits per heavy atom. The number of hydrogen-bond acceptors (Lipinski definition) is 1. The third kappa shape index (κ3) is 5.07. The van der Waals surface area contributed by atoms with E-state index in [-0.39, 0.29) is 11.5 Å². The van der Waals surface area contributed by atoms with E-state index in [1.54, 1.807) is 0 Å². The zero-order valence-electron chi connectivity index (χ0n) is 31.4. The van der Waals surface area contributed by atoms with Crippen molar-refractivity contribution in [1.82, 2.24) is 0 Å². The molecule has 7 aromatic rings. The first-order valence-electron chi connectivity index (χ1n) is 19.6. The Morgan fingerprint density at radius 1 is 0.491 bits per heavy atom. The van der Waals surface area contributed by atoms with Gasteiger partial charge in [0.05, 0.1) is 11.5 Å². The van der Waals surface area contributed by atoms with E-state index in [1.165, 1.54) is 77.8 Å². The van der Waals surface area contributed by atoms with Gasteiger partial charge in [-0.2, -0.15) is 0 Å². The Kier molecular flexibility index (Phi) is 7.92. The van der Waals surface area contributed by atoms with Crippen LogP contribution in [0.2, 0.25) is 0 Å². The first-order valence-corrected chi connectivity index (χ1v) is 19.6. The zero-order valence-corrected chi connectivity index (χ0v) is 31.4. The summed E-state index contributed by atoms with van der Waals surface area (Å²) in [5.41, 5.74) is 15.2. The molecule has 0 saturated carbocycles. The van der Waals surface area contributed by atoms with Crippen molar-refractivity contribution in [1.29, 1.82) is 0 Å². The number of nitrogens with zero attached hydrogens (tertiary/aromatic N) is 1. The fourth-order valence-electron chi connectivity index (χ4n) is 9.96. The van der Waals surface area contributed by atoms with Crippen molar-refractivity contribution in [2.45, 2.75) is 37.1 Å². The summed E-state index contributed by atoms with van der Waals surface area (Å²) in [6.07, 6.45) is 5.71. The molecule has 10 rings (SSSR count). The van der Waals surface area contributed by atoms with Crippen molar-refractivity contribution < 1.29 is 0 Å². The van der Waals surface area contributed by atoms with Crippen molar-refractivity contribution in [2.75, 3.05) is 4.90 Å². The topological polar surface area (TPSA) is 3.24 Å². The average Bonchev–Trinajstić information content (AvgIpc) is 3.67. The Bertz CT molecular complexity index is 2670. The second-order valence-electron chi connectivity index (χ2n) is 15.5. The van der Waals surface area contributed by atoms with Gasteiger partial charge in [0.15, 0.2) is 0 Å². The largest absolute Gasteiger partial charge is 0.333 e. The predicted molar refractivity (Wildman–Crippen MR) is 231 cm³/mol. The number of rotatable bonds is 5. The number of anilines is 2. The Labute approximate surface area is 324 Å². The third-order valence-electron chi connectivity index (χ3n) is 12.3. The van der Waals surface area contributed by atoms with E-state index in [0.29, 0.717) is 0 Å². The molecule has 3 aliphatic rings. The molecule has 55 heavy (non-hydrogen) atoms. The molecule has 1 atom stereocenters. The van der Waals surface area contributed by atoms with Crippen molar-refractivity contribution >= 4 is 27.7 Å². The lowest BCUT2D eigenvalue weighted by molar-refractivity contribution is 0.647. The van der Waals surface area contributed by atoms with Gasteiger partial charge in [-0.25, -0.2) is 0 Å². The maximum atomic E-state index is 2.67. The van der Waals surface area contributed by atoms with Crippen LogP contribution in [0, 0.1) is 0 Å². The quantitative estimate of drug-likeness (QED) is 0.172. The molecular formula is C54H43N. The monoisotopic (exact) mass is 705 g/mol. The molecule has 1 unspecified atom stereocenters. The van der Waals surface area contributed by atoms with Crippen molar-refractivity contribution in [3.63, 3.8) is 0 Å². The van der Waals surface area contributed by atoms with Gasteiger partial charge in [-0.15, -0.1) is 0 Å². The summed E-state index contributed by atoms with van der Waals surface area (Å²) >= 11 is 0. The molecule has 0 saturated heterocycles. The number of fused-ring (bicyclic) bond motifs is 6. The van der Waals surface area contributed by atoms with Gasteiger partial charge in [0, 0.05) is 22.2 Å². The van der Waals surface area contributed by atoms with Gasteiger partial charge in [0.1, 0.15) is 0 Å². The summed E-state index contributed by atoms with van der Waals surface area (Å²) in [5, 5.41) is 2.41. The van der Waals surface area contributed by atoms with Gasteiger partial charge in [0.25, 0.3) is 0 Å². The molecule has 0 aromatic heterocycles. The second kappa shape index (κ2) is 13.1. The zero-order chi connectivity index (χ0) is 37.0. The summed E-state index contributed by atoms with van der Waals surface area (Å²) in [6, 6.07) is 71.9. The number of hydrogen-bond donors (Lipinski definition) is 0. The maximum Gasteiger partial charge on any atom is 0.0714 e. The van der Waals surface area contributed by atoms with Crippen molar-refractivity contribution in [2.24, 2.45) is 0 Å². The molecule has 0 radical (unpaired) electrons. The SMILES string of the molecule is CC1(C)C2=C(c3ccccc31)C(N(c1ccc3c(c1)C(c1ccccc1)(c1ccccc1)c1ccccc1-3)c1cccccccc3ccccc13)CC=C2. The first kappa shape index (κ1) is 33.2. The van der Waals surface area contributed by atoms with E-state index in [9.17, 15) is 0 Å². The molecule has 264 valence electrons. The van der Waals surface area contributed by atoms with E-state index in [0.717, 1.165) is 6.42 Å². The highest BCUT2D eigenvalue weighted by atomic mass is 15.2. The molecule has 3 aliphatic carbocycles. The summed E-state index contributed by atoms with van der Waals surface area (Å²) in [4.78, 5) is 2.67. The highest BCUT2D eigenvalue weighted by molar-refractivity contribution is 5.99. The molecule has 0 amide bonds. The fraction of sp³-hybridized carbons (Fsp3) is 0.111. The molecule has 0 bridgehead atoms. The summed E-state index contributed by atoms with van der Waals surface area (Å²) in [5.74, 6) is 0. The smallest absolute Gasteiger partial charge is 0.0714 e. The lowest BCUT2D eigenvalue weighted by Gasteiger charge is -2.39. The van der Waals surface area contributed by atoms with Crippen LogP contribution in [-0.2, 0) is 10.8 Å². The van der Waals surface area contributed by atoms with Crippen LogP contribution in [0.4, 0.5) is 11.4 Å². The minimum Gasteiger partial charge on any atom is -0.333 e. The standard InChI is InChI=1S/C54H43N/c1-53(2)46-30-18-17-29-45(46)52-48(53)32-20-34-51(52)55(50-33-13-5-3-4-8-21-38-22-14-15-27-42(38)50)41-35-36-44-43-28-16-19-31-47(43)54(49(44)37-41,39-23-9-6-10-24-39)40-25-11-7-12-26-40/h3-33,35-37,51H,34H2,1-2H3. The molecule has 0 fully saturated rings. The van der Waals surface area contributed by atoms with Crippen LogP contribution in [0.15, 0.2) is 212 Å². The van der Waals surface area contributed by atoms with Crippen LogP contribution in [0.25, 0.3) is 27.5 Å². The van der Waals surface area contributed by atoms with E-state index >= 15 is 0 Å². The van der Waals surface area contributed by atoms with Crippen LogP contribution in [-0.4, -0.2) is 6.04 Å². The molecule has 7 aromatic carbocycles. The first-order chi connectivity index (χ1) is 27.1. The second-order valence-corrected chi connectivity index (χ2v) is 15.5. The summed E-state index contributed by atoms with van der Waals surface area (Å²) in [7, 11) is 0. The number of benzene rings is 6. The molecule has 1 heteroatoms. The van der Waals surface area contributed by atoms with E-state index in [4.69, 9.17) is 0 Å². The Morgan fingerprint density at radius 2 is 1.04 bits per heavy atom. The van der Waals surface area contributed by atoms with Crippen molar-refractivity contribution in [3.05, 3.63) is 245 Å². The van der Waals surface area contributed by atoms with Gasteiger partial charge in [-0.3, -0.25) is 0 Å². The lowest BCUT2D eigenvalue weighted by Crippen LogP contribution is -2.34. The van der Waals surface area contributed by atoms with Crippen LogP contribution in [0.1, 0.15) is 53.6 Å². The van der Waals surface area contributed by atoms with E-state index in [2.05, 4.69) is 225 Å². The molecule has 0 aliphatic heterocycles. The highest BCUT2D eigenvalue weighted by Gasteiger charge is 2.47. The van der Waals surface area contributed by atoms with Gasteiger partial charge in [-0.1, -0.05) is 202 Å². The molecule has 1 nitrogen and oxygen atoms in total. The normalized spacial score (nSPS) is 16.8. The Balaban J connectivity index is 1.31. The van der Waals surface area contributed by atoms with E-state index < -0.39 is 5.41 Å². The fourth-order valence-corrected chi connectivity index (χ4v) is 9.96. The van der Waals surface area contributed by atoms with Crippen LogP contribution >= 0.6 is 0 Å². The van der Waals surface area contributed by atoms with Gasteiger partial charge < -0.3 is 4.90 Å². The highest BCUT2D eigenvalue weighted by Crippen LogP contribution is 2.58. The predicted octanol–water partition coefficient (Wildman–Crippen LogP) is 13.5. The minimum absolute atomic E-state index is 0.0581. The summed E-state index contributed by atoms with van der Waals surface area (Å²) < 4.78 is 0. The number of allylic oxidation sites excluding steroid dienone is 2. The van der Waals surface area contributed by atoms with E-state index in [1.807, 2.05) is 0 Å². The van der Waals surface area contributed by atoms with Crippen molar-refractivity contribution in [3.8, 4) is 11.1 Å². The van der Waals surface area contributed by atoms with Crippen LogP contribution in [0.5, 0.6) is 0 Å². The molecule has 0 spiro atoms. The van der Waals surface area contributed by atoms with Gasteiger partial charge in [0.2, 0.25) is 0 Å². The Hall–Kier alpha value is -6.44. The lowest BCUT2D eigenvalue weighted by atomic mass is 9.67. The van der Waals surface area contributed by atoms with Gasteiger partial charge in [-0.05, 0) is 85.7 Å². The van der Waals surface area contributed by atoms with Crippen LogP contribution < -0.4 is 4.90 Å². The minimum atomic E-state index is -0.495. The maximum absolute atomic E-state index is 2.67. The summed E-state index contributed by atoms with van der Waals surface area (Å²) in [6.45, 7) is 4.79. The van der Waals surface area contributed by atoms with Gasteiger partial charge >= 0.3 is 0 Å². The third-order valence-corrected chi connectivity index (χ3v) is 12.3. The molecular weight excluding hydrogens is 663 g/mol. The average molecular weight is 706 g/mol. The molecule has 0 heterocycles. The van der Waals surface area contributed by atoms with Crippen LogP contribution in [0.3, 0.4) is 0 Å².